The highest BCUT2D eigenvalue weighted by Gasteiger charge is 2.46. The Balaban J connectivity index is 2.07. The molecule has 1 saturated carbocycles. The van der Waals surface area contributed by atoms with E-state index in [2.05, 4.69) is 5.32 Å². The zero-order chi connectivity index (χ0) is 19.5. The maximum Gasteiger partial charge on any atom is 0.408 e. The molecule has 26 heavy (non-hydrogen) atoms. The fraction of sp³-hybridized carbons (Fsp3) is 0.900. The molecular formula is C20H35NO5. The van der Waals surface area contributed by atoms with Crippen molar-refractivity contribution in [2.24, 2.45) is 11.8 Å². The molecular weight excluding hydrogens is 334 g/mol. The Hall–Kier alpha value is -1.30. The molecule has 2 N–H and O–H groups in total. The summed E-state index contributed by atoms with van der Waals surface area (Å²) >= 11 is 0. The first-order valence-electron chi connectivity index (χ1n) is 9.88. The minimum absolute atomic E-state index is 0.288. The molecule has 6 heteroatoms. The lowest BCUT2D eigenvalue weighted by Crippen LogP contribution is -2.46. The van der Waals surface area contributed by atoms with Crippen LogP contribution in [0, 0.1) is 11.8 Å². The molecule has 1 aliphatic carbocycles. The second-order valence-corrected chi connectivity index (χ2v) is 9.41. The second kappa shape index (κ2) is 8.15. The van der Waals surface area contributed by atoms with Crippen LogP contribution in [0.4, 0.5) is 4.79 Å². The highest BCUT2D eigenvalue weighted by Crippen LogP contribution is 2.35. The molecule has 1 heterocycles. The third kappa shape index (κ3) is 6.15. The summed E-state index contributed by atoms with van der Waals surface area (Å²) in [5.74, 6) is -0.437. The minimum Gasteiger partial charge on any atom is -0.460 e. The zero-order valence-electron chi connectivity index (χ0n) is 16.8. The first-order valence-corrected chi connectivity index (χ1v) is 9.88. The molecule has 0 aromatic heterocycles. The van der Waals surface area contributed by atoms with Crippen molar-refractivity contribution in [3.8, 4) is 0 Å². The Morgan fingerprint density at radius 1 is 1.23 bits per heavy atom. The number of amides is 1. The van der Waals surface area contributed by atoms with Gasteiger partial charge in [0.15, 0.2) is 0 Å². The maximum atomic E-state index is 12.3. The van der Waals surface area contributed by atoms with Crippen molar-refractivity contribution in [3.63, 3.8) is 0 Å². The number of rotatable bonds is 5. The summed E-state index contributed by atoms with van der Waals surface area (Å²) in [6.07, 6.45) is 6.24. The summed E-state index contributed by atoms with van der Waals surface area (Å²) in [4.78, 5) is 24.5. The lowest BCUT2D eigenvalue weighted by molar-refractivity contribution is -0.150. The summed E-state index contributed by atoms with van der Waals surface area (Å²) < 4.78 is 11.0. The van der Waals surface area contributed by atoms with Crippen LogP contribution in [0.5, 0.6) is 0 Å². The Kier molecular flexibility index (Phi) is 6.59. The number of esters is 1. The van der Waals surface area contributed by atoms with Crippen LogP contribution < -0.4 is 5.32 Å². The topological polar surface area (TPSA) is 84.9 Å². The zero-order valence-corrected chi connectivity index (χ0v) is 16.8. The molecule has 0 radical (unpaired) electrons. The van der Waals surface area contributed by atoms with Gasteiger partial charge in [-0.1, -0.05) is 32.1 Å². The van der Waals surface area contributed by atoms with Crippen LogP contribution in [0.3, 0.4) is 0 Å². The van der Waals surface area contributed by atoms with E-state index in [0.29, 0.717) is 12.3 Å². The number of carbonyl (C=O) groups is 2. The molecule has 1 saturated heterocycles. The number of carbonyl (C=O) groups excluding carboxylic acids is 2. The average molecular weight is 370 g/mol. The van der Waals surface area contributed by atoms with Crippen LogP contribution in [-0.4, -0.2) is 40.5 Å². The Labute approximate surface area is 157 Å². The number of alkyl carbamates (subject to hydrolysis) is 1. The normalized spacial score (nSPS) is 26.3. The standard InChI is InChI=1S/C20H35NO5/c1-19(2,3)26-18(23)21-15(11-13-9-7-6-8-10-13)16-12-14(17(22)25-16)20(4,5)24/h13-16,24H,6-12H2,1-5H3,(H,21,23)/t14-,15-,16-/m1/s1. The Bertz CT molecular complexity index is 499. The number of aliphatic hydroxyl groups is 1. The van der Waals surface area contributed by atoms with Crippen LogP contribution in [0.25, 0.3) is 0 Å². The van der Waals surface area contributed by atoms with Gasteiger partial charge in [-0.25, -0.2) is 4.79 Å². The summed E-state index contributed by atoms with van der Waals surface area (Å²) in [5, 5.41) is 13.2. The van der Waals surface area contributed by atoms with Crippen molar-refractivity contribution >= 4 is 12.1 Å². The monoisotopic (exact) mass is 369 g/mol. The van der Waals surface area contributed by atoms with Gasteiger partial charge in [0, 0.05) is 6.42 Å². The van der Waals surface area contributed by atoms with E-state index in [1.165, 1.54) is 19.3 Å². The summed E-state index contributed by atoms with van der Waals surface area (Å²) in [5.41, 5.74) is -1.71. The lowest BCUT2D eigenvalue weighted by atomic mass is 9.81. The third-order valence-electron chi connectivity index (χ3n) is 5.34. The molecule has 3 atom stereocenters. The van der Waals surface area contributed by atoms with Crippen molar-refractivity contribution < 1.29 is 24.2 Å². The fourth-order valence-corrected chi connectivity index (χ4v) is 3.98. The summed E-state index contributed by atoms with van der Waals surface area (Å²) in [6, 6.07) is -0.288. The number of cyclic esters (lactones) is 1. The van der Waals surface area contributed by atoms with E-state index >= 15 is 0 Å². The molecule has 0 bridgehead atoms. The van der Waals surface area contributed by atoms with E-state index < -0.39 is 29.3 Å². The van der Waals surface area contributed by atoms with Crippen molar-refractivity contribution in [1.29, 1.82) is 0 Å². The SMILES string of the molecule is CC(C)(C)OC(=O)N[C@H](CC1CCCCC1)[C@H]1C[C@@H](C(C)(C)O)C(=O)O1. The van der Waals surface area contributed by atoms with Crippen LogP contribution in [0.1, 0.15) is 79.6 Å². The van der Waals surface area contributed by atoms with Gasteiger partial charge in [-0.15, -0.1) is 0 Å². The first kappa shape index (κ1) is 21.0. The van der Waals surface area contributed by atoms with Crippen LogP contribution in [0.2, 0.25) is 0 Å². The number of hydrogen-bond donors (Lipinski definition) is 2. The molecule has 0 aromatic carbocycles. The van der Waals surface area contributed by atoms with Crippen molar-refractivity contribution in [1.82, 2.24) is 5.32 Å². The van der Waals surface area contributed by atoms with Gasteiger partial charge in [0.25, 0.3) is 0 Å². The van der Waals surface area contributed by atoms with Gasteiger partial charge in [0.2, 0.25) is 0 Å². The minimum atomic E-state index is -1.13. The first-order chi connectivity index (χ1) is 12.0. The van der Waals surface area contributed by atoms with E-state index in [4.69, 9.17) is 9.47 Å². The van der Waals surface area contributed by atoms with Crippen molar-refractivity contribution in [3.05, 3.63) is 0 Å². The van der Waals surface area contributed by atoms with Gasteiger partial charge >= 0.3 is 12.1 Å². The average Bonchev–Trinajstić information content (AvgIpc) is 2.88. The van der Waals surface area contributed by atoms with Crippen LogP contribution in [0.15, 0.2) is 0 Å². The number of hydrogen-bond acceptors (Lipinski definition) is 5. The van der Waals surface area contributed by atoms with E-state index in [-0.39, 0.29) is 12.0 Å². The Morgan fingerprint density at radius 3 is 2.35 bits per heavy atom. The van der Waals surface area contributed by atoms with Crippen LogP contribution in [-0.2, 0) is 14.3 Å². The molecule has 6 nitrogen and oxygen atoms in total. The molecule has 0 unspecified atom stereocenters. The molecule has 150 valence electrons. The van der Waals surface area contributed by atoms with E-state index in [1.54, 1.807) is 13.8 Å². The van der Waals surface area contributed by atoms with Gasteiger partial charge in [0.1, 0.15) is 11.7 Å². The molecule has 2 aliphatic rings. The second-order valence-electron chi connectivity index (χ2n) is 9.41. The predicted molar refractivity (Wildman–Crippen MR) is 98.6 cm³/mol. The lowest BCUT2D eigenvalue weighted by Gasteiger charge is -2.31. The molecule has 1 aliphatic heterocycles. The maximum absolute atomic E-state index is 12.3. The molecule has 2 rings (SSSR count). The van der Waals surface area contributed by atoms with E-state index in [1.807, 2.05) is 20.8 Å². The fourth-order valence-electron chi connectivity index (χ4n) is 3.98. The van der Waals surface area contributed by atoms with Crippen LogP contribution >= 0.6 is 0 Å². The smallest absolute Gasteiger partial charge is 0.408 e. The quantitative estimate of drug-likeness (QED) is 0.724. The summed E-state index contributed by atoms with van der Waals surface area (Å²) in [7, 11) is 0. The summed E-state index contributed by atoms with van der Waals surface area (Å²) in [6.45, 7) is 8.71. The molecule has 2 fully saturated rings. The molecule has 0 aromatic rings. The van der Waals surface area contributed by atoms with Gasteiger partial charge < -0.3 is 19.9 Å². The van der Waals surface area contributed by atoms with E-state index in [9.17, 15) is 14.7 Å². The molecule has 1 amide bonds. The highest BCUT2D eigenvalue weighted by molar-refractivity contribution is 5.76. The Morgan fingerprint density at radius 2 is 1.85 bits per heavy atom. The van der Waals surface area contributed by atoms with E-state index in [0.717, 1.165) is 19.3 Å². The van der Waals surface area contributed by atoms with Gasteiger partial charge in [-0.3, -0.25) is 4.79 Å². The predicted octanol–water partition coefficient (Wildman–Crippen LogP) is 3.55. The van der Waals surface area contributed by atoms with Gasteiger partial charge in [-0.05, 0) is 47.0 Å². The van der Waals surface area contributed by atoms with Crippen molar-refractivity contribution in [2.75, 3.05) is 0 Å². The van der Waals surface area contributed by atoms with Gasteiger partial charge in [0.05, 0.1) is 17.6 Å². The number of nitrogens with one attached hydrogen (secondary N) is 1. The number of ether oxygens (including phenoxy) is 2. The van der Waals surface area contributed by atoms with Crippen molar-refractivity contribution in [2.45, 2.75) is 103 Å². The third-order valence-corrected chi connectivity index (χ3v) is 5.34. The highest BCUT2D eigenvalue weighted by atomic mass is 16.6. The largest absolute Gasteiger partial charge is 0.460 e. The van der Waals surface area contributed by atoms with Gasteiger partial charge in [-0.2, -0.15) is 0 Å². The molecule has 0 spiro atoms.